The predicted octanol–water partition coefficient (Wildman–Crippen LogP) is 4.62. The first-order chi connectivity index (χ1) is 13.0. The number of fused-ring (bicyclic) bond motifs is 1. The second kappa shape index (κ2) is 8.22. The third-order valence-corrected chi connectivity index (χ3v) is 6.18. The van der Waals surface area contributed by atoms with Gasteiger partial charge in [-0.1, -0.05) is 50.1 Å². The summed E-state index contributed by atoms with van der Waals surface area (Å²) in [4.78, 5) is 28.6. The molecule has 0 aliphatic heterocycles. The number of hydrogen-bond acceptors (Lipinski definition) is 6. The molecular weight excluding hydrogens is 482 g/mol. The van der Waals surface area contributed by atoms with E-state index in [0.717, 1.165) is 5.56 Å². The molecule has 6 nitrogen and oxygen atoms in total. The van der Waals surface area contributed by atoms with Crippen LogP contribution in [0.4, 0.5) is 0 Å². The fourth-order valence-electron chi connectivity index (χ4n) is 2.69. The summed E-state index contributed by atoms with van der Waals surface area (Å²) in [6.07, 6.45) is 0. The van der Waals surface area contributed by atoms with Crippen molar-refractivity contribution in [3.8, 4) is 23.0 Å². The maximum atomic E-state index is 12.8. The van der Waals surface area contributed by atoms with Crippen LogP contribution < -0.4 is 15.1 Å². The molecule has 1 aromatic heterocycles. The highest BCUT2D eigenvalue weighted by Crippen LogP contribution is 2.35. The highest BCUT2D eigenvalue weighted by atomic mass is 79.9. The molecule has 2 aromatic carbocycles. The molecule has 140 valence electrons. The molecule has 3 rings (SSSR count). The van der Waals surface area contributed by atoms with Crippen LogP contribution in [-0.2, 0) is 4.79 Å². The van der Waals surface area contributed by atoms with Gasteiger partial charge in [0, 0.05) is 12.3 Å². The minimum absolute atomic E-state index is 0.0461. The Balaban J connectivity index is 2.30. The molecule has 8 heteroatoms. The van der Waals surface area contributed by atoms with Crippen molar-refractivity contribution >= 4 is 48.7 Å². The van der Waals surface area contributed by atoms with Crippen LogP contribution in [0.25, 0.3) is 22.4 Å². The molecule has 27 heavy (non-hydrogen) atoms. The molecule has 0 saturated heterocycles. The van der Waals surface area contributed by atoms with Crippen molar-refractivity contribution < 1.29 is 18.7 Å². The number of ether oxygens (including phenoxy) is 2. The van der Waals surface area contributed by atoms with Crippen molar-refractivity contribution in [2.45, 2.75) is 11.8 Å². The number of nitrogens with zero attached hydrogens (tertiary/aromatic N) is 1. The summed E-state index contributed by atoms with van der Waals surface area (Å²) >= 11 is 6.94. The van der Waals surface area contributed by atoms with E-state index in [4.69, 9.17) is 13.9 Å². The maximum absolute atomic E-state index is 12.8. The van der Waals surface area contributed by atoms with Crippen LogP contribution in [0.15, 0.2) is 45.6 Å². The first-order valence-corrected chi connectivity index (χ1v) is 9.99. The number of halogens is 2. The third kappa shape index (κ3) is 3.91. The average Bonchev–Trinajstić information content (AvgIpc) is 2.66. The number of alkyl halides is 2. The Kier molecular flexibility index (Phi) is 5.96. The van der Waals surface area contributed by atoms with Gasteiger partial charge in [-0.15, -0.1) is 0 Å². The number of benzene rings is 2. The van der Waals surface area contributed by atoms with Crippen molar-refractivity contribution in [3.63, 3.8) is 0 Å². The molecule has 0 aliphatic rings. The van der Waals surface area contributed by atoms with E-state index in [0.29, 0.717) is 27.5 Å². The molecule has 1 unspecified atom stereocenters. The van der Waals surface area contributed by atoms with Crippen LogP contribution in [0.2, 0.25) is 0 Å². The Morgan fingerprint density at radius 1 is 1.22 bits per heavy atom. The SMILES string of the molecule is COc1ccc(C(Br)CBr)c2c(=O)oc(-c3ccccc3OC(C)=O)nc12. The zero-order valence-corrected chi connectivity index (χ0v) is 17.7. The number of hydrogen-bond donors (Lipinski definition) is 0. The standard InChI is InChI=1S/C19H15Br2NO5/c1-10(23)26-14-6-4-3-5-12(14)18-22-17-15(25-2)8-7-11(13(21)9-20)16(17)19(24)27-18/h3-8,13H,9H2,1-2H3. The molecule has 0 bridgehead atoms. The summed E-state index contributed by atoms with van der Waals surface area (Å²) in [7, 11) is 1.51. The number of carbonyl (C=O) groups excluding carboxylic acids is 1. The van der Waals surface area contributed by atoms with E-state index in [1.807, 2.05) is 0 Å². The molecule has 0 fully saturated rings. The van der Waals surface area contributed by atoms with E-state index in [1.165, 1.54) is 14.0 Å². The Labute approximate surface area is 171 Å². The summed E-state index contributed by atoms with van der Waals surface area (Å²) in [5.41, 5.74) is 0.968. The molecule has 0 saturated carbocycles. The van der Waals surface area contributed by atoms with Gasteiger partial charge in [0.25, 0.3) is 0 Å². The van der Waals surface area contributed by atoms with Crippen molar-refractivity contribution in [1.29, 1.82) is 0 Å². The summed E-state index contributed by atoms with van der Waals surface area (Å²) in [6, 6.07) is 10.3. The Bertz CT molecular complexity index is 1060. The van der Waals surface area contributed by atoms with E-state index in [-0.39, 0.29) is 16.5 Å². The van der Waals surface area contributed by atoms with Gasteiger partial charge < -0.3 is 13.9 Å². The highest BCUT2D eigenvalue weighted by Gasteiger charge is 2.21. The van der Waals surface area contributed by atoms with Crippen molar-refractivity contribution in [3.05, 3.63) is 52.4 Å². The van der Waals surface area contributed by atoms with Gasteiger partial charge in [-0.05, 0) is 23.8 Å². The van der Waals surface area contributed by atoms with E-state index >= 15 is 0 Å². The van der Waals surface area contributed by atoms with Gasteiger partial charge in [0.15, 0.2) is 0 Å². The minimum atomic E-state index is -0.549. The Hall–Kier alpha value is -2.19. The number of methoxy groups -OCH3 is 1. The second-order valence-corrected chi connectivity index (χ2v) is 7.35. The van der Waals surface area contributed by atoms with Crippen LogP contribution >= 0.6 is 31.9 Å². The van der Waals surface area contributed by atoms with Gasteiger partial charge in [0.2, 0.25) is 5.89 Å². The first-order valence-electron chi connectivity index (χ1n) is 7.95. The number of rotatable bonds is 5. The van der Waals surface area contributed by atoms with Gasteiger partial charge >= 0.3 is 11.6 Å². The van der Waals surface area contributed by atoms with Crippen LogP contribution in [0, 0.1) is 0 Å². The molecular formula is C19H15Br2NO5. The topological polar surface area (TPSA) is 78.6 Å². The highest BCUT2D eigenvalue weighted by molar-refractivity contribution is 9.12. The molecule has 0 amide bonds. The lowest BCUT2D eigenvalue weighted by molar-refractivity contribution is -0.131. The smallest absolute Gasteiger partial charge is 0.347 e. The monoisotopic (exact) mass is 495 g/mol. The normalized spacial score (nSPS) is 12.0. The minimum Gasteiger partial charge on any atom is -0.494 e. The van der Waals surface area contributed by atoms with Crippen LogP contribution in [0.1, 0.15) is 17.3 Å². The van der Waals surface area contributed by atoms with Gasteiger partial charge in [-0.3, -0.25) is 4.79 Å². The van der Waals surface area contributed by atoms with E-state index < -0.39 is 11.6 Å². The fourth-order valence-corrected chi connectivity index (χ4v) is 3.42. The van der Waals surface area contributed by atoms with Gasteiger partial charge in [0.05, 0.1) is 22.9 Å². The van der Waals surface area contributed by atoms with Crippen molar-refractivity contribution in [1.82, 2.24) is 4.98 Å². The molecule has 1 atom stereocenters. The van der Waals surface area contributed by atoms with Gasteiger partial charge in [-0.2, -0.15) is 0 Å². The maximum Gasteiger partial charge on any atom is 0.347 e. The lowest BCUT2D eigenvalue weighted by atomic mass is 10.1. The molecule has 1 heterocycles. The van der Waals surface area contributed by atoms with E-state index in [1.54, 1.807) is 36.4 Å². The molecule has 0 aliphatic carbocycles. The fraction of sp³-hybridized carbons (Fsp3) is 0.211. The predicted molar refractivity (Wildman–Crippen MR) is 109 cm³/mol. The summed E-state index contributed by atoms with van der Waals surface area (Å²) in [6.45, 7) is 1.30. The zero-order chi connectivity index (χ0) is 19.6. The summed E-state index contributed by atoms with van der Waals surface area (Å²) < 4.78 is 16.1. The molecule has 0 N–H and O–H groups in total. The van der Waals surface area contributed by atoms with Crippen LogP contribution in [-0.4, -0.2) is 23.4 Å². The van der Waals surface area contributed by atoms with Crippen molar-refractivity contribution in [2.24, 2.45) is 0 Å². The van der Waals surface area contributed by atoms with Gasteiger partial charge in [-0.25, -0.2) is 9.78 Å². The van der Waals surface area contributed by atoms with E-state index in [2.05, 4.69) is 36.8 Å². The van der Waals surface area contributed by atoms with Gasteiger partial charge in [0.1, 0.15) is 17.0 Å². The first kappa shape index (κ1) is 19.6. The number of esters is 1. The summed E-state index contributed by atoms with van der Waals surface area (Å²) in [5.74, 6) is 0.269. The van der Waals surface area contributed by atoms with Crippen LogP contribution in [0.5, 0.6) is 11.5 Å². The summed E-state index contributed by atoms with van der Waals surface area (Å²) in [5, 5.41) is 0.939. The Morgan fingerprint density at radius 2 is 1.96 bits per heavy atom. The van der Waals surface area contributed by atoms with E-state index in [9.17, 15) is 9.59 Å². The average molecular weight is 497 g/mol. The largest absolute Gasteiger partial charge is 0.494 e. The zero-order valence-electron chi connectivity index (χ0n) is 14.5. The number of aromatic nitrogens is 1. The molecule has 0 radical (unpaired) electrons. The molecule has 0 spiro atoms. The molecule has 3 aromatic rings. The van der Waals surface area contributed by atoms with Crippen molar-refractivity contribution in [2.75, 3.05) is 12.4 Å². The van der Waals surface area contributed by atoms with Crippen LogP contribution in [0.3, 0.4) is 0 Å². The second-order valence-electron chi connectivity index (χ2n) is 5.60. The third-order valence-electron chi connectivity index (χ3n) is 3.84. The lowest BCUT2D eigenvalue weighted by Gasteiger charge is -2.13. The lowest BCUT2D eigenvalue weighted by Crippen LogP contribution is -2.09. The number of carbonyl (C=O) groups is 1. The Morgan fingerprint density at radius 3 is 2.63 bits per heavy atom. The number of para-hydroxylation sites is 1. The quantitative estimate of drug-likeness (QED) is 0.291.